The average Bonchev–Trinajstić information content (AvgIpc) is 2.97. The van der Waals surface area contributed by atoms with Crippen molar-refractivity contribution in [2.75, 3.05) is 6.26 Å². The quantitative estimate of drug-likeness (QED) is 0.575. The molecule has 0 saturated heterocycles. The summed E-state index contributed by atoms with van der Waals surface area (Å²) >= 11 is 1.67. The van der Waals surface area contributed by atoms with Gasteiger partial charge in [0.05, 0.1) is 11.6 Å². The molecule has 1 aromatic heterocycles. The lowest BCUT2D eigenvalue weighted by Gasteiger charge is -2.18. The molecule has 2 rings (SSSR count). The smallest absolute Gasteiger partial charge is 0.164 e. The second-order valence-electron chi connectivity index (χ2n) is 5.17. The normalized spacial score (nSPS) is 17.3. The molecule has 0 amide bonds. The minimum Gasteiger partial charge on any atom is -0.294 e. The highest BCUT2D eigenvalue weighted by Gasteiger charge is 2.25. The minimum absolute atomic E-state index is 0.100. The van der Waals surface area contributed by atoms with Crippen LogP contribution in [0.25, 0.3) is 0 Å². The van der Waals surface area contributed by atoms with Gasteiger partial charge < -0.3 is 0 Å². The Hall–Kier alpha value is -1.09. The van der Waals surface area contributed by atoms with Crippen molar-refractivity contribution in [3.63, 3.8) is 0 Å². The predicted molar refractivity (Wildman–Crippen MR) is 80.5 cm³/mol. The highest BCUT2D eigenvalue weighted by Crippen LogP contribution is 2.34. The number of allylic oxidation sites excluding steroid dienone is 1. The fourth-order valence-corrected chi connectivity index (χ4v) is 3.19. The van der Waals surface area contributed by atoms with Crippen LogP contribution in [0.3, 0.4) is 0 Å². The maximum Gasteiger partial charge on any atom is 0.164 e. The second kappa shape index (κ2) is 6.90. The van der Waals surface area contributed by atoms with Crippen LogP contribution in [0.15, 0.2) is 35.9 Å². The third-order valence-electron chi connectivity index (χ3n) is 3.94. The van der Waals surface area contributed by atoms with Gasteiger partial charge in [0.1, 0.15) is 0 Å². The molecule has 1 fully saturated rings. The Balaban J connectivity index is 2.15. The van der Waals surface area contributed by atoms with Gasteiger partial charge in [-0.05, 0) is 36.8 Å². The maximum absolute atomic E-state index is 12.1. The molecule has 3 heteroatoms. The predicted octanol–water partition coefficient (Wildman–Crippen LogP) is 4.22. The van der Waals surface area contributed by atoms with E-state index in [1.165, 1.54) is 31.8 Å². The van der Waals surface area contributed by atoms with E-state index in [1.807, 2.05) is 24.6 Å². The molecule has 0 aromatic carbocycles. The van der Waals surface area contributed by atoms with Gasteiger partial charge in [-0.15, -0.1) is 11.8 Å². The number of hydrogen-bond donors (Lipinski definition) is 0. The van der Waals surface area contributed by atoms with Crippen molar-refractivity contribution in [2.24, 2.45) is 5.92 Å². The summed E-state index contributed by atoms with van der Waals surface area (Å²) in [6.45, 7) is 3.63. The zero-order chi connectivity index (χ0) is 13.7. The molecule has 102 valence electrons. The van der Waals surface area contributed by atoms with Crippen molar-refractivity contribution in [3.05, 3.63) is 36.7 Å². The average molecular weight is 275 g/mol. The van der Waals surface area contributed by atoms with Crippen molar-refractivity contribution in [1.82, 2.24) is 4.98 Å². The van der Waals surface area contributed by atoms with Crippen LogP contribution in [0.2, 0.25) is 0 Å². The van der Waals surface area contributed by atoms with Gasteiger partial charge in [0.25, 0.3) is 0 Å². The molecule has 0 radical (unpaired) electrons. The number of carbonyl (C=O) groups excluding carboxylic acids is 1. The number of ketones is 1. The van der Waals surface area contributed by atoms with Crippen molar-refractivity contribution in [3.8, 4) is 0 Å². The second-order valence-corrected chi connectivity index (χ2v) is 6.05. The molecule has 19 heavy (non-hydrogen) atoms. The van der Waals surface area contributed by atoms with Crippen LogP contribution in [0.5, 0.6) is 0 Å². The van der Waals surface area contributed by atoms with E-state index < -0.39 is 0 Å². The van der Waals surface area contributed by atoms with Crippen LogP contribution in [-0.2, 0) is 4.79 Å². The molecule has 1 heterocycles. The van der Waals surface area contributed by atoms with Crippen molar-refractivity contribution in [1.29, 1.82) is 0 Å². The summed E-state index contributed by atoms with van der Waals surface area (Å²) in [7, 11) is 0. The SMILES string of the molecule is C=CC(=O)C(CC1CCCC1)c1ccc(SC)cn1. The van der Waals surface area contributed by atoms with Gasteiger partial charge in [0.15, 0.2) is 5.78 Å². The van der Waals surface area contributed by atoms with Crippen molar-refractivity contribution < 1.29 is 4.79 Å². The van der Waals surface area contributed by atoms with Crippen LogP contribution in [0.4, 0.5) is 0 Å². The first kappa shape index (κ1) is 14.3. The summed E-state index contributed by atoms with van der Waals surface area (Å²) < 4.78 is 0. The highest BCUT2D eigenvalue weighted by molar-refractivity contribution is 7.98. The Kier molecular flexibility index (Phi) is 5.20. The van der Waals surface area contributed by atoms with Crippen LogP contribution < -0.4 is 0 Å². The van der Waals surface area contributed by atoms with Crippen molar-refractivity contribution >= 4 is 17.5 Å². The van der Waals surface area contributed by atoms with Crippen molar-refractivity contribution in [2.45, 2.75) is 42.9 Å². The van der Waals surface area contributed by atoms with Gasteiger partial charge in [-0.2, -0.15) is 0 Å². The van der Waals surface area contributed by atoms with E-state index in [0.29, 0.717) is 5.92 Å². The van der Waals surface area contributed by atoms with Gasteiger partial charge in [0.2, 0.25) is 0 Å². The Labute approximate surface area is 119 Å². The zero-order valence-corrected chi connectivity index (χ0v) is 12.3. The molecule has 0 aliphatic heterocycles. The van der Waals surface area contributed by atoms with E-state index in [9.17, 15) is 4.79 Å². The standard InChI is InChI=1S/C16H21NOS/c1-3-16(18)14(10-12-6-4-5-7-12)15-9-8-13(19-2)11-17-15/h3,8-9,11-12,14H,1,4-7,10H2,2H3. The van der Waals surface area contributed by atoms with Gasteiger partial charge in [-0.25, -0.2) is 0 Å². The van der Waals surface area contributed by atoms with E-state index >= 15 is 0 Å². The minimum atomic E-state index is -0.100. The lowest BCUT2D eigenvalue weighted by Crippen LogP contribution is -2.15. The molecular weight excluding hydrogens is 254 g/mol. The number of hydrogen-bond acceptors (Lipinski definition) is 3. The summed E-state index contributed by atoms with van der Waals surface area (Å²) in [5, 5.41) is 0. The number of nitrogens with zero attached hydrogens (tertiary/aromatic N) is 1. The summed E-state index contributed by atoms with van der Waals surface area (Å²) in [5.41, 5.74) is 0.898. The fourth-order valence-electron chi connectivity index (χ4n) is 2.82. The lowest BCUT2D eigenvalue weighted by molar-refractivity contribution is -0.116. The number of carbonyl (C=O) groups is 1. The highest BCUT2D eigenvalue weighted by atomic mass is 32.2. The van der Waals surface area contributed by atoms with Crippen LogP contribution in [-0.4, -0.2) is 17.0 Å². The Morgan fingerprint density at radius 3 is 2.79 bits per heavy atom. The number of rotatable bonds is 6. The summed E-state index contributed by atoms with van der Waals surface area (Å²) in [6.07, 6.45) is 11.4. The Bertz CT molecular complexity index is 435. The Morgan fingerprint density at radius 1 is 1.53 bits per heavy atom. The molecule has 0 N–H and O–H groups in total. The van der Waals surface area contributed by atoms with Crippen LogP contribution >= 0.6 is 11.8 Å². The molecule has 1 aromatic rings. The lowest BCUT2D eigenvalue weighted by atomic mass is 9.87. The molecule has 0 bridgehead atoms. The third-order valence-corrected chi connectivity index (χ3v) is 4.65. The van der Waals surface area contributed by atoms with Gasteiger partial charge in [0, 0.05) is 11.1 Å². The molecule has 1 unspecified atom stereocenters. The van der Waals surface area contributed by atoms with E-state index in [4.69, 9.17) is 0 Å². The molecule has 1 atom stereocenters. The first-order chi connectivity index (χ1) is 9.24. The van der Waals surface area contributed by atoms with Crippen LogP contribution in [0.1, 0.15) is 43.7 Å². The fraction of sp³-hybridized carbons (Fsp3) is 0.500. The number of aromatic nitrogens is 1. The molecule has 2 nitrogen and oxygen atoms in total. The zero-order valence-electron chi connectivity index (χ0n) is 11.5. The number of thioether (sulfide) groups is 1. The van der Waals surface area contributed by atoms with Crippen LogP contribution in [0, 0.1) is 5.92 Å². The topological polar surface area (TPSA) is 30.0 Å². The van der Waals surface area contributed by atoms with E-state index in [-0.39, 0.29) is 11.7 Å². The van der Waals surface area contributed by atoms with E-state index in [2.05, 4.69) is 11.6 Å². The Morgan fingerprint density at radius 2 is 2.26 bits per heavy atom. The molecule has 1 aliphatic rings. The van der Waals surface area contributed by atoms with Gasteiger partial charge in [-0.3, -0.25) is 9.78 Å². The first-order valence-corrected chi connectivity index (χ1v) is 8.13. The van der Waals surface area contributed by atoms with Gasteiger partial charge in [-0.1, -0.05) is 32.3 Å². The van der Waals surface area contributed by atoms with E-state index in [1.54, 1.807) is 11.8 Å². The molecule has 0 spiro atoms. The monoisotopic (exact) mass is 275 g/mol. The summed E-state index contributed by atoms with van der Waals surface area (Å²) in [5.74, 6) is 0.684. The molecular formula is C16H21NOS. The molecule has 1 saturated carbocycles. The summed E-state index contributed by atoms with van der Waals surface area (Å²) in [4.78, 5) is 17.7. The molecule has 1 aliphatic carbocycles. The summed E-state index contributed by atoms with van der Waals surface area (Å²) in [6, 6.07) is 4.04. The largest absolute Gasteiger partial charge is 0.294 e. The third kappa shape index (κ3) is 3.69. The van der Waals surface area contributed by atoms with Gasteiger partial charge >= 0.3 is 0 Å². The maximum atomic E-state index is 12.1. The first-order valence-electron chi connectivity index (χ1n) is 6.90. The van der Waals surface area contributed by atoms with E-state index in [0.717, 1.165) is 17.0 Å². The number of pyridine rings is 1.